The van der Waals surface area contributed by atoms with Crippen LogP contribution in [0.1, 0.15) is 39.5 Å². The third-order valence-electron chi connectivity index (χ3n) is 1.55. The number of halogens is 1. The van der Waals surface area contributed by atoms with Crippen LogP contribution in [0.5, 0.6) is 0 Å². The fraction of sp³-hybridized carbons (Fsp3) is 0.778. The molecule has 0 amide bonds. The molecule has 0 aliphatic carbocycles. The van der Waals surface area contributed by atoms with Crippen molar-refractivity contribution >= 4 is 12.4 Å². The zero-order valence-electron chi connectivity index (χ0n) is 7.60. The summed E-state index contributed by atoms with van der Waals surface area (Å²) in [5, 5.41) is 0. The summed E-state index contributed by atoms with van der Waals surface area (Å²) in [5.74, 6) is 0. The molecule has 1 nitrogen and oxygen atoms in total. The Morgan fingerprint density at radius 1 is 1.18 bits per heavy atom. The number of allylic oxidation sites excluding steroid dienone is 1. The summed E-state index contributed by atoms with van der Waals surface area (Å²) in [7, 11) is 0. The van der Waals surface area contributed by atoms with Crippen molar-refractivity contribution in [3.05, 3.63) is 11.6 Å². The molecular formula is C9H20ClN. The van der Waals surface area contributed by atoms with E-state index in [0.717, 1.165) is 0 Å². The monoisotopic (exact) mass is 177 g/mol. The fourth-order valence-electron chi connectivity index (χ4n) is 1.14. The fourth-order valence-corrected chi connectivity index (χ4v) is 1.14. The van der Waals surface area contributed by atoms with Crippen LogP contribution in [-0.4, -0.2) is 6.54 Å². The Morgan fingerprint density at radius 3 is 1.91 bits per heavy atom. The molecule has 0 rings (SSSR count). The molecule has 2 heteroatoms. The zero-order chi connectivity index (χ0) is 7.82. The van der Waals surface area contributed by atoms with Gasteiger partial charge in [0.05, 0.1) is 0 Å². The van der Waals surface area contributed by atoms with E-state index in [0.29, 0.717) is 6.54 Å². The summed E-state index contributed by atoms with van der Waals surface area (Å²) in [6.45, 7) is 5.12. The van der Waals surface area contributed by atoms with E-state index < -0.39 is 0 Å². The summed E-state index contributed by atoms with van der Waals surface area (Å²) in [5.41, 5.74) is 6.95. The van der Waals surface area contributed by atoms with Gasteiger partial charge in [-0.2, -0.15) is 0 Å². The minimum atomic E-state index is 0. The van der Waals surface area contributed by atoms with Crippen LogP contribution in [0.15, 0.2) is 11.6 Å². The number of hydrogen-bond donors (Lipinski definition) is 1. The molecule has 0 saturated carbocycles. The first-order valence-electron chi connectivity index (χ1n) is 4.23. The van der Waals surface area contributed by atoms with Crippen molar-refractivity contribution in [1.29, 1.82) is 0 Å². The summed E-state index contributed by atoms with van der Waals surface area (Å²) < 4.78 is 0. The summed E-state index contributed by atoms with van der Waals surface area (Å²) in [6.07, 6.45) is 7.10. The van der Waals surface area contributed by atoms with Crippen LogP contribution in [-0.2, 0) is 0 Å². The quantitative estimate of drug-likeness (QED) is 0.643. The Morgan fingerprint density at radius 2 is 1.64 bits per heavy atom. The third kappa shape index (κ3) is 7.89. The SMILES string of the molecule is CCCC(=CCN)CCC.Cl. The van der Waals surface area contributed by atoms with E-state index in [4.69, 9.17) is 5.73 Å². The Labute approximate surface area is 76.5 Å². The van der Waals surface area contributed by atoms with Crippen molar-refractivity contribution in [3.8, 4) is 0 Å². The van der Waals surface area contributed by atoms with Crippen LogP contribution in [0.2, 0.25) is 0 Å². The molecule has 0 aliphatic rings. The van der Waals surface area contributed by atoms with E-state index in [9.17, 15) is 0 Å². The van der Waals surface area contributed by atoms with E-state index in [1.807, 2.05) is 0 Å². The van der Waals surface area contributed by atoms with Crippen molar-refractivity contribution in [2.75, 3.05) is 6.54 Å². The average molecular weight is 178 g/mol. The molecule has 0 unspecified atom stereocenters. The predicted octanol–water partition coefficient (Wildman–Crippen LogP) is 2.89. The van der Waals surface area contributed by atoms with Crippen LogP contribution in [0.4, 0.5) is 0 Å². The van der Waals surface area contributed by atoms with Gasteiger partial charge in [-0.05, 0) is 12.8 Å². The van der Waals surface area contributed by atoms with Crippen LogP contribution in [0.3, 0.4) is 0 Å². The number of hydrogen-bond acceptors (Lipinski definition) is 1. The molecule has 0 aliphatic heterocycles. The highest BCUT2D eigenvalue weighted by Gasteiger charge is 1.91. The topological polar surface area (TPSA) is 26.0 Å². The molecule has 0 aromatic carbocycles. The van der Waals surface area contributed by atoms with Gasteiger partial charge in [0.1, 0.15) is 0 Å². The van der Waals surface area contributed by atoms with Crippen molar-refractivity contribution in [2.45, 2.75) is 39.5 Å². The van der Waals surface area contributed by atoms with E-state index >= 15 is 0 Å². The lowest BCUT2D eigenvalue weighted by atomic mass is 10.1. The van der Waals surface area contributed by atoms with Crippen LogP contribution < -0.4 is 5.73 Å². The molecule has 0 aromatic rings. The summed E-state index contributed by atoms with van der Waals surface area (Å²) in [4.78, 5) is 0. The highest BCUT2D eigenvalue weighted by Crippen LogP contribution is 2.10. The minimum absolute atomic E-state index is 0. The van der Waals surface area contributed by atoms with Crippen LogP contribution in [0.25, 0.3) is 0 Å². The first-order valence-corrected chi connectivity index (χ1v) is 4.23. The van der Waals surface area contributed by atoms with Crippen molar-refractivity contribution in [2.24, 2.45) is 5.73 Å². The highest BCUT2D eigenvalue weighted by atomic mass is 35.5. The molecule has 0 saturated heterocycles. The van der Waals surface area contributed by atoms with Crippen LogP contribution >= 0.6 is 12.4 Å². The highest BCUT2D eigenvalue weighted by molar-refractivity contribution is 5.85. The maximum absolute atomic E-state index is 5.41. The molecule has 2 N–H and O–H groups in total. The minimum Gasteiger partial charge on any atom is -0.327 e. The van der Waals surface area contributed by atoms with Gasteiger partial charge in [-0.3, -0.25) is 0 Å². The lowest BCUT2D eigenvalue weighted by molar-refractivity contribution is 0.798. The molecular weight excluding hydrogens is 158 g/mol. The van der Waals surface area contributed by atoms with E-state index in [-0.39, 0.29) is 12.4 Å². The summed E-state index contributed by atoms with van der Waals surface area (Å²) >= 11 is 0. The van der Waals surface area contributed by atoms with Gasteiger partial charge >= 0.3 is 0 Å². The smallest absolute Gasteiger partial charge is 0.0109 e. The van der Waals surface area contributed by atoms with Gasteiger partial charge in [-0.15, -0.1) is 12.4 Å². The normalized spacial score (nSPS) is 8.64. The molecule has 0 radical (unpaired) electrons. The Bertz CT molecular complexity index is 91.7. The van der Waals surface area contributed by atoms with Crippen LogP contribution in [0, 0.1) is 0 Å². The van der Waals surface area contributed by atoms with Gasteiger partial charge in [0, 0.05) is 6.54 Å². The van der Waals surface area contributed by atoms with Gasteiger partial charge in [-0.1, -0.05) is 38.3 Å². The zero-order valence-corrected chi connectivity index (χ0v) is 8.41. The average Bonchev–Trinajstić information content (AvgIpc) is 1.90. The number of nitrogens with two attached hydrogens (primary N) is 1. The molecule has 0 heterocycles. The maximum Gasteiger partial charge on any atom is 0.0109 e. The van der Waals surface area contributed by atoms with Crippen molar-refractivity contribution < 1.29 is 0 Å². The lowest BCUT2D eigenvalue weighted by Gasteiger charge is -2.02. The predicted molar refractivity (Wildman–Crippen MR) is 54.2 cm³/mol. The number of rotatable bonds is 5. The van der Waals surface area contributed by atoms with Gasteiger partial charge in [-0.25, -0.2) is 0 Å². The maximum atomic E-state index is 5.41. The molecule has 68 valence electrons. The standard InChI is InChI=1S/C9H19N.ClH/c1-3-5-9(6-4-2)7-8-10;/h7H,3-6,8,10H2,1-2H3;1H. The van der Waals surface area contributed by atoms with Gasteiger partial charge in [0.25, 0.3) is 0 Å². The Balaban J connectivity index is 0. The van der Waals surface area contributed by atoms with E-state index in [2.05, 4.69) is 19.9 Å². The second-order valence-corrected chi connectivity index (χ2v) is 2.60. The molecule has 0 spiro atoms. The first-order chi connectivity index (χ1) is 4.85. The van der Waals surface area contributed by atoms with Gasteiger partial charge in [0.15, 0.2) is 0 Å². The first kappa shape index (κ1) is 13.6. The molecule has 0 atom stereocenters. The van der Waals surface area contributed by atoms with E-state index in [1.165, 1.54) is 31.3 Å². The second kappa shape index (κ2) is 9.99. The Hall–Kier alpha value is -0.0100. The Kier molecular flexibility index (Phi) is 12.3. The third-order valence-corrected chi connectivity index (χ3v) is 1.55. The summed E-state index contributed by atoms with van der Waals surface area (Å²) in [6, 6.07) is 0. The van der Waals surface area contributed by atoms with Gasteiger partial charge < -0.3 is 5.73 Å². The van der Waals surface area contributed by atoms with Crippen molar-refractivity contribution in [3.63, 3.8) is 0 Å². The largest absolute Gasteiger partial charge is 0.327 e. The molecule has 11 heavy (non-hydrogen) atoms. The van der Waals surface area contributed by atoms with Gasteiger partial charge in [0.2, 0.25) is 0 Å². The van der Waals surface area contributed by atoms with Crippen molar-refractivity contribution in [1.82, 2.24) is 0 Å². The van der Waals surface area contributed by atoms with E-state index in [1.54, 1.807) is 0 Å². The second-order valence-electron chi connectivity index (χ2n) is 2.60. The lowest BCUT2D eigenvalue weighted by Crippen LogP contribution is -1.96. The molecule has 0 aromatic heterocycles. The molecule has 0 bridgehead atoms. The molecule has 0 fully saturated rings.